The van der Waals surface area contributed by atoms with Gasteiger partial charge in [-0.25, -0.2) is 0 Å². The standard InChI is InChI=1S/C12H24N4S/c1-5-10(6-2)16(7-9(3)4)8-11-12(13)17-15-14-11/h9-10H,5-8,13H2,1-4H3. The first-order valence-electron chi connectivity index (χ1n) is 6.39. The van der Waals surface area contributed by atoms with E-state index in [1.807, 2.05) is 0 Å². The molecule has 1 heterocycles. The molecule has 0 spiro atoms. The molecule has 0 saturated carbocycles. The molecule has 0 saturated heterocycles. The van der Waals surface area contributed by atoms with E-state index in [-0.39, 0.29) is 0 Å². The Labute approximate surface area is 108 Å². The zero-order valence-corrected chi connectivity index (χ0v) is 12.1. The minimum atomic E-state index is 0.610. The fraction of sp³-hybridized carbons (Fsp3) is 0.833. The highest BCUT2D eigenvalue weighted by Gasteiger charge is 2.19. The Morgan fingerprint density at radius 1 is 1.29 bits per heavy atom. The summed E-state index contributed by atoms with van der Waals surface area (Å²) >= 11 is 1.28. The minimum absolute atomic E-state index is 0.610. The van der Waals surface area contributed by atoms with E-state index in [0.29, 0.717) is 12.0 Å². The number of nitrogens with zero attached hydrogens (tertiary/aromatic N) is 3. The summed E-state index contributed by atoms with van der Waals surface area (Å²) in [5.41, 5.74) is 6.80. The Morgan fingerprint density at radius 2 is 1.94 bits per heavy atom. The van der Waals surface area contributed by atoms with Gasteiger partial charge in [0.1, 0.15) is 10.7 Å². The van der Waals surface area contributed by atoms with Crippen molar-refractivity contribution in [2.24, 2.45) is 5.92 Å². The Bertz CT molecular complexity index is 320. The second-order valence-corrected chi connectivity index (χ2v) is 5.66. The number of nitrogen functional groups attached to an aromatic ring is 1. The van der Waals surface area contributed by atoms with Gasteiger partial charge in [-0.05, 0) is 18.8 Å². The molecule has 0 unspecified atom stereocenters. The molecule has 0 bridgehead atoms. The van der Waals surface area contributed by atoms with E-state index in [9.17, 15) is 0 Å². The molecule has 0 aliphatic rings. The lowest BCUT2D eigenvalue weighted by Gasteiger charge is -2.31. The van der Waals surface area contributed by atoms with Crippen LogP contribution in [0.5, 0.6) is 0 Å². The lowest BCUT2D eigenvalue weighted by Crippen LogP contribution is -2.37. The maximum absolute atomic E-state index is 5.87. The lowest BCUT2D eigenvalue weighted by molar-refractivity contribution is 0.156. The zero-order valence-electron chi connectivity index (χ0n) is 11.3. The highest BCUT2D eigenvalue weighted by molar-refractivity contribution is 7.09. The summed E-state index contributed by atoms with van der Waals surface area (Å²) in [7, 11) is 0. The molecule has 0 amide bonds. The van der Waals surface area contributed by atoms with Gasteiger partial charge in [-0.15, -0.1) is 5.10 Å². The van der Waals surface area contributed by atoms with Crippen LogP contribution in [0.25, 0.3) is 0 Å². The molecule has 0 aromatic carbocycles. The molecule has 0 fully saturated rings. The fourth-order valence-electron chi connectivity index (χ4n) is 2.13. The average Bonchev–Trinajstić information content (AvgIpc) is 2.65. The third kappa shape index (κ3) is 4.24. The van der Waals surface area contributed by atoms with Crippen molar-refractivity contribution in [1.82, 2.24) is 14.5 Å². The van der Waals surface area contributed by atoms with Crippen molar-refractivity contribution in [2.75, 3.05) is 12.3 Å². The van der Waals surface area contributed by atoms with Gasteiger partial charge in [0.25, 0.3) is 0 Å². The monoisotopic (exact) mass is 256 g/mol. The second-order valence-electron chi connectivity index (χ2n) is 4.88. The molecule has 98 valence electrons. The summed E-state index contributed by atoms with van der Waals surface area (Å²) in [5, 5.41) is 4.87. The summed E-state index contributed by atoms with van der Waals surface area (Å²) in [6.07, 6.45) is 2.33. The van der Waals surface area contributed by atoms with Gasteiger partial charge in [-0.1, -0.05) is 32.2 Å². The maximum Gasteiger partial charge on any atom is 0.132 e. The summed E-state index contributed by atoms with van der Waals surface area (Å²) < 4.78 is 3.90. The van der Waals surface area contributed by atoms with Gasteiger partial charge < -0.3 is 5.73 Å². The van der Waals surface area contributed by atoms with Crippen LogP contribution >= 0.6 is 11.5 Å². The number of rotatable bonds is 7. The van der Waals surface area contributed by atoms with E-state index >= 15 is 0 Å². The SMILES string of the molecule is CCC(CC)N(Cc1nnsc1N)CC(C)C. The van der Waals surface area contributed by atoms with E-state index in [2.05, 4.69) is 42.2 Å². The number of anilines is 1. The Balaban J connectivity index is 2.72. The molecule has 1 rings (SSSR count). The predicted octanol–water partition coefficient (Wildman–Crippen LogP) is 2.77. The van der Waals surface area contributed by atoms with Gasteiger partial charge in [0.05, 0.1) is 0 Å². The zero-order chi connectivity index (χ0) is 12.8. The first-order valence-corrected chi connectivity index (χ1v) is 7.16. The third-order valence-corrected chi connectivity index (χ3v) is 3.59. The molecule has 1 aromatic rings. The first-order chi connectivity index (χ1) is 8.08. The van der Waals surface area contributed by atoms with E-state index in [1.54, 1.807) is 0 Å². The van der Waals surface area contributed by atoms with Gasteiger partial charge in [0, 0.05) is 30.7 Å². The highest BCUT2D eigenvalue weighted by Crippen LogP contribution is 2.19. The molecular weight excluding hydrogens is 232 g/mol. The van der Waals surface area contributed by atoms with Gasteiger partial charge in [0.2, 0.25) is 0 Å². The lowest BCUT2D eigenvalue weighted by atomic mass is 10.1. The molecule has 5 heteroatoms. The number of hydrogen-bond donors (Lipinski definition) is 1. The van der Waals surface area contributed by atoms with Gasteiger partial charge in [-0.3, -0.25) is 4.90 Å². The highest BCUT2D eigenvalue weighted by atomic mass is 32.1. The molecular formula is C12H24N4S. The van der Waals surface area contributed by atoms with Crippen molar-refractivity contribution in [3.05, 3.63) is 5.69 Å². The van der Waals surface area contributed by atoms with Crippen molar-refractivity contribution in [2.45, 2.75) is 53.1 Å². The minimum Gasteiger partial charge on any atom is -0.388 e. The van der Waals surface area contributed by atoms with Crippen LogP contribution in [0.4, 0.5) is 5.00 Å². The van der Waals surface area contributed by atoms with E-state index < -0.39 is 0 Å². The quantitative estimate of drug-likeness (QED) is 0.815. The first kappa shape index (κ1) is 14.4. The van der Waals surface area contributed by atoms with Crippen LogP contribution in [0.2, 0.25) is 0 Å². The Kier molecular flexibility index (Phi) is 5.85. The van der Waals surface area contributed by atoms with Gasteiger partial charge in [0.15, 0.2) is 0 Å². The molecule has 0 aliphatic carbocycles. The summed E-state index contributed by atoms with van der Waals surface area (Å²) in [5.74, 6) is 0.656. The maximum atomic E-state index is 5.87. The predicted molar refractivity (Wildman–Crippen MR) is 73.9 cm³/mol. The van der Waals surface area contributed by atoms with Crippen LogP contribution in [0.1, 0.15) is 46.2 Å². The molecule has 2 N–H and O–H groups in total. The summed E-state index contributed by atoms with van der Waals surface area (Å²) in [6, 6.07) is 0.610. The van der Waals surface area contributed by atoms with E-state index in [1.165, 1.54) is 24.4 Å². The molecule has 0 atom stereocenters. The van der Waals surface area contributed by atoms with Crippen LogP contribution in [-0.4, -0.2) is 27.1 Å². The van der Waals surface area contributed by atoms with Crippen LogP contribution in [0.15, 0.2) is 0 Å². The molecule has 1 aromatic heterocycles. The van der Waals surface area contributed by atoms with E-state index in [4.69, 9.17) is 5.73 Å². The van der Waals surface area contributed by atoms with Crippen molar-refractivity contribution in [3.63, 3.8) is 0 Å². The topological polar surface area (TPSA) is 55.0 Å². The molecule has 0 radical (unpaired) electrons. The van der Waals surface area contributed by atoms with Crippen LogP contribution < -0.4 is 5.73 Å². The molecule has 4 nitrogen and oxygen atoms in total. The number of aromatic nitrogens is 2. The van der Waals surface area contributed by atoms with Crippen molar-refractivity contribution < 1.29 is 0 Å². The smallest absolute Gasteiger partial charge is 0.132 e. The second kappa shape index (κ2) is 6.91. The number of hydrogen-bond acceptors (Lipinski definition) is 5. The molecule has 0 aliphatic heterocycles. The summed E-state index contributed by atoms with van der Waals surface area (Å²) in [4.78, 5) is 2.48. The largest absolute Gasteiger partial charge is 0.388 e. The number of nitrogens with two attached hydrogens (primary N) is 1. The summed E-state index contributed by atoms with van der Waals surface area (Å²) in [6.45, 7) is 10.9. The van der Waals surface area contributed by atoms with Crippen molar-refractivity contribution >= 4 is 16.5 Å². The van der Waals surface area contributed by atoms with E-state index in [0.717, 1.165) is 23.8 Å². The third-order valence-electron chi connectivity index (χ3n) is 3.00. The van der Waals surface area contributed by atoms with Crippen molar-refractivity contribution in [1.29, 1.82) is 0 Å². The van der Waals surface area contributed by atoms with Gasteiger partial charge >= 0.3 is 0 Å². The average molecular weight is 256 g/mol. The van der Waals surface area contributed by atoms with Crippen LogP contribution in [0, 0.1) is 5.92 Å². The molecule has 17 heavy (non-hydrogen) atoms. The normalized spacial score (nSPS) is 11.9. The van der Waals surface area contributed by atoms with Crippen LogP contribution in [0.3, 0.4) is 0 Å². The van der Waals surface area contributed by atoms with Crippen LogP contribution in [-0.2, 0) is 6.54 Å². The Hall–Kier alpha value is -0.680. The Morgan fingerprint density at radius 3 is 2.35 bits per heavy atom. The van der Waals surface area contributed by atoms with Gasteiger partial charge in [-0.2, -0.15) is 0 Å². The van der Waals surface area contributed by atoms with Crippen molar-refractivity contribution in [3.8, 4) is 0 Å². The fourth-order valence-corrected chi connectivity index (χ4v) is 2.57.